The molecule has 1 N–H and O–H groups in total. The van der Waals surface area contributed by atoms with Crippen molar-refractivity contribution in [3.63, 3.8) is 0 Å². The molecule has 72 valence electrons. The molecule has 0 aromatic rings. The maximum atomic E-state index is 10.4. The summed E-state index contributed by atoms with van der Waals surface area (Å²) in [5, 5.41) is 8.53. The van der Waals surface area contributed by atoms with Crippen molar-refractivity contribution in [2.45, 2.75) is 39.2 Å². The van der Waals surface area contributed by atoms with Gasteiger partial charge in [-0.3, -0.25) is 9.46 Å². The maximum absolute atomic E-state index is 10.4. The maximum Gasteiger partial charge on any atom is 0.321 e. The molecule has 4 heteroatoms. The Kier molecular flexibility index (Phi) is 6.31. The van der Waals surface area contributed by atoms with Gasteiger partial charge in [0.2, 0.25) is 0 Å². The van der Waals surface area contributed by atoms with Gasteiger partial charge >= 0.3 is 5.97 Å². The third kappa shape index (κ3) is 4.03. The number of carbonyl (C=O) groups is 1. The second kappa shape index (κ2) is 6.38. The SMILES string of the molecule is CCC.O=C(O)C1CCCN1P. The first-order chi connectivity index (χ1) is 5.63. The van der Waals surface area contributed by atoms with E-state index in [1.807, 2.05) is 0 Å². The molecule has 2 unspecified atom stereocenters. The molecule has 1 aliphatic rings. The van der Waals surface area contributed by atoms with E-state index in [0.717, 1.165) is 19.4 Å². The summed E-state index contributed by atoms with van der Waals surface area (Å²) < 4.78 is 1.79. The van der Waals surface area contributed by atoms with E-state index in [-0.39, 0.29) is 6.04 Å². The Morgan fingerprint density at radius 3 is 2.33 bits per heavy atom. The normalized spacial score (nSPS) is 23.1. The largest absolute Gasteiger partial charge is 0.480 e. The van der Waals surface area contributed by atoms with E-state index in [1.165, 1.54) is 6.42 Å². The number of rotatable bonds is 1. The van der Waals surface area contributed by atoms with Gasteiger partial charge in [-0.25, -0.2) is 0 Å². The van der Waals surface area contributed by atoms with E-state index >= 15 is 0 Å². The van der Waals surface area contributed by atoms with Gasteiger partial charge in [0, 0.05) is 6.54 Å². The number of carboxylic acid groups (broad SMARTS) is 1. The molecule has 1 aliphatic heterocycles. The Labute approximate surface area is 76.4 Å². The van der Waals surface area contributed by atoms with Crippen LogP contribution < -0.4 is 0 Å². The Morgan fingerprint density at radius 1 is 1.67 bits per heavy atom. The standard InChI is InChI=1S/C5H10NO2P.C3H8/c7-5(8)4-2-1-3-6(4)9;1-3-2/h4H,1-3,9H2,(H,7,8);3H2,1-2H3. The predicted octanol–water partition coefficient (Wildman–Crippen LogP) is 1.74. The van der Waals surface area contributed by atoms with Crippen molar-refractivity contribution >= 4 is 15.4 Å². The summed E-state index contributed by atoms with van der Waals surface area (Å²) in [6, 6.07) is -0.255. The van der Waals surface area contributed by atoms with Crippen molar-refractivity contribution in [2.24, 2.45) is 0 Å². The molecule has 3 nitrogen and oxygen atoms in total. The topological polar surface area (TPSA) is 40.5 Å². The second-order valence-electron chi connectivity index (χ2n) is 2.94. The first-order valence-corrected chi connectivity index (χ1v) is 4.89. The molecule has 12 heavy (non-hydrogen) atoms. The fourth-order valence-electron chi connectivity index (χ4n) is 1.05. The van der Waals surface area contributed by atoms with Gasteiger partial charge < -0.3 is 5.11 Å². The Hall–Kier alpha value is -0.140. The van der Waals surface area contributed by atoms with Crippen LogP contribution in [0.1, 0.15) is 33.1 Å². The van der Waals surface area contributed by atoms with Gasteiger partial charge in [-0.2, -0.15) is 0 Å². The second-order valence-corrected chi connectivity index (χ2v) is 3.60. The summed E-state index contributed by atoms with van der Waals surface area (Å²) in [7, 11) is 2.43. The van der Waals surface area contributed by atoms with Crippen molar-refractivity contribution in [2.75, 3.05) is 6.54 Å². The molecule has 1 rings (SSSR count). The lowest BCUT2D eigenvalue weighted by atomic mass is 10.2. The molecule has 0 bridgehead atoms. The van der Waals surface area contributed by atoms with Crippen LogP contribution in [0.3, 0.4) is 0 Å². The molecule has 2 atom stereocenters. The van der Waals surface area contributed by atoms with Crippen LogP contribution in [-0.2, 0) is 4.79 Å². The van der Waals surface area contributed by atoms with Crippen LogP contribution in [0.15, 0.2) is 0 Å². The third-order valence-corrected chi connectivity index (χ3v) is 2.20. The van der Waals surface area contributed by atoms with Gasteiger partial charge in [0.15, 0.2) is 0 Å². The van der Waals surface area contributed by atoms with Crippen LogP contribution >= 0.6 is 9.39 Å². The fourth-order valence-corrected chi connectivity index (χ4v) is 1.51. The van der Waals surface area contributed by atoms with Crippen molar-refractivity contribution in [1.29, 1.82) is 0 Å². The van der Waals surface area contributed by atoms with E-state index in [0.29, 0.717) is 0 Å². The summed E-state index contributed by atoms with van der Waals surface area (Å²) in [6.45, 7) is 5.14. The minimum atomic E-state index is -0.706. The minimum Gasteiger partial charge on any atom is -0.480 e. The first-order valence-electron chi connectivity index (χ1n) is 4.37. The van der Waals surface area contributed by atoms with Crippen molar-refractivity contribution in [1.82, 2.24) is 4.67 Å². The highest BCUT2D eigenvalue weighted by molar-refractivity contribution is 7.13. The monoisotopic (exact) mass is 191 g/mol. The highest BCUT2D eigenvalue weighted by Gasteiger charge is 2.26. The Bertz CT molecular complexity index is 141. The van der Waals surface area contributed by atoms with Crippen molar-refractivity contribution < 1.29 is 9.90 Å². The van der Waals surface area contributed by atoms with Crippen LogP contribution in [-0.4, -0.2) is 28.3 Å². The molecule has 1 heterocycles. The summed E-state index contributed by atoms with van der Waals surface area (Å²) in [6.07, 6.45) is 3.04. The van der Waals surface area contributed by atoms with E-state index in [4.69, 9.17) is 5.11 Å². The summed E-state index contributed by atoms with van der Waals surface area (Å²) in [5.41, 5.74) is 0. The average Bonchev–Trinajstić information content (AvgIpc) is 2.36. The van der Waals surface area contributed by atoms with Crippen LogP contribution in [0, 0.1) is 0 Å². The average molecular weight is 191 g/mol. The number of nitrogens with zero attached hydrogens (tertiary/aromatic N) is 1. The van der Waals surface area contributed by atoms with Crippen LogP contribution in [0.25, 0.3) is 0 Å². The molecule has 0 saturated carbocycles. The fraction of sp³-hybridized carbons (Fsp3) is 0.875. The first kappa shape index (κ1) is 11.9. The van der Waals surface area contributed by atoms with E-state index < -0.39 is 5.97 Å². The van der Waals surface area contributed by atoms with Crippen molar-refractivity contribution in [3.05, 3.63) is 0 Å². The van der Waals surface area contributed by atoms with Gasteiger partial charge in [0.1, 0.15) is 6.04 Å². The van der Waals surface area contributed by atoms with Crippen LogP contribution in [0.4, 0.5) is 0 Å². The molecule has 0 aromatic carbocycles. The van der Waals surface area contributed by atoms with E-state index in [1.54, 1.807) is 4.67 Å². The highest BCUT2D eigenvalue weighted by Crippen LogP contribution is 2.20. The Morgan fingerprint density at radius 2 is 2.17 bits per heavy atom. The molecule has 0 radical (unpaired) electrons. The van der Waals surface area contributed by atoms with Gasteiger partial charge in [0.25, 0.3) is 0 Å². The molecular formula is C8H18NO2P. The number of hydrogen-bond donors (Lipinski definition) is 1. The quantitative estimate of drug-likeness (QED) is 0.642. The number of hydrogen-bond acceptors (Lipinski definition) is 2. The zero-order chi connectivity index (χ0) is 9.56. The summed E-state index contributed by atoms with van der Waals surface area (Å²) in [5.74, 6) is -0.706. The van der Waals surface area contributed by atoms with E-state index in [9.17, 15) is 4.79 Å². The van der Waals surface area contributed by atoms with Gasteiger partial charge in [-0.05, 0) is 12.8 Å². The Balaban J connectivity index is 0.000000354. The minimum absolute atomic E-state index is 0.255. The highest BCUT2D eigenvalue weighted by atomic mass is 31.0. The lowest BCUT2D eigenvalue weighted by Crippen LogP contribution is -2.28. The molecule has 0 amide bonds. The van der Waals surface area contributed by atoms with Gasteiger partial charge in [-0.15, -0.1) is 0 Å². The van der Waals surface area contributed by atoms with Crippen molar-refractivity contribution in [3.8, 4) is 0 Å². The lowest BCUT2D eigenvalue weighted by Gasteiger charge is -2.12. The molecular weight excluding hydrogens is 173 g/mol. The zero-order valence-corrected chi connectivity index (χ0v) is 8.94. The molecule has 0 spiro atoms. The van der Waals surface area contributed by atoms with Gasteiger partial charge in [-0.1, -0.05) is 29.7 Å². The summed E-state index contributed by atoms with van der Waals surface area (Å²) in [4.78, 5) is 10.4. The predicted molar refractivity (Wildman–Crippen MR) is 53.0 cm³/mol. The smallest absolute Gasteiger partial charge is 0.321 e. The third-order valence-electron chi connectivity index (χ3n) is 1.58. The number of carboxylic acids is 1. The van der Waals surface area contributed by atoms with Crippen LogP contribution in [0.5, 0.6) is 0 Å². The van der Waals surface area contributed by atoms with Gasteiger partial charge in [0.05, 0.1) is 0 Å². The molecule has 1 fully saturated rings. The molecule has 1 saturated heterocycles. The number of aliphatic carboxylic acids is 1. The van der Waals surface area contributed by atoms with E-state index in [2.05, 4.69) is 23.2 Å². The molecule has 0 aromatic heterocycles. The lowest BCUT2D eigenvalue weighted by molar-refractivity contribution is -0.140. The van der Waals surface area contributed by atoms with Crippen LogP contribution in [0.2, 0.25) is 0 Å². The zero-order valence-electron chi connectivity index (χ0n) is 7.79. The molecule has 0 aliphatic carbocycles. The summed E-state index contributed by atoms with van der Waals surface area (Å²) >= 11 is 0.